The molecule has 0 aliphatic carbocycles. The third-order valence-corrected chi connectivity index (χ3v) is 8.00. The molecular formula is C30H40N2O8S. The Bertz CT molecular complexity index is 1140. The molecule has 0 saturated heterocycles. The number of amides is 2. The summed E-state index contributed by atoms with van der Waals surface area (Å²) >= 11 is 1.42. The molecule has 0 radical (unpaired) electrons. The molecule has 0 heterocycles. The first-order valence-corrected chi connectivity index (χ1v) is 14.7. The van der Waals surface area contributed by atoms with Crippen LogP contribution in [0.4, 0.5) is 0 Å². The zero-order valence-electron chi connectivity index (χ0n) is 23.5. The number of nitrogens with one attached hydrogen (secondary N) is 2. The van der Waals surface area contributed by atoms with Crippen molar-refractivity contribution in [3.05, 3.63) is 53.6 Å². The van der Waals surface area contributed by atoms with Crippen LogP contribution in [0, 0.1) is 0 Å². The second kappa shape index (κ2) is 17.9. The Labute approximate surface area is 244 Å². The number of methoxy groups -OCH3 is 1. The van der Waals surface area contributed by atoms with E-state index in [0.29, 0.717) is 37.0 Å². The van der Waals surface area contributed by atoms with Gasteiger partial charge in [0.05, 0.1) is 7.11 Å². The molecule has 2 amide bonds. The molecule has 0 saturated carbocycles. The van der Waals surface area contributed by atoms with Crippen molar-refractivity contribution in [1.82, 2.24) is 10.6 Å². The number of ketones is 1. The summed E-state index contributed by atoms with van der Waals surface area (Å²) in [5, 5.41) is 33.8. The first-order valence-electron chi connectivity index (χ1n) is 13.7. The number of Topliss-reactive ketones (excluding diaryl/α,β-unsaturated/α-hetero) is 1. The predicted molar refractivity (Wildman–Crippen MR) is 157 cm³/mol. The molecule has 5 N–H and O–H groups in total. The average Bonchev–Trinajstić information content (AvgIpc) is 2.95. The van der Waals surface area contributed by atoms with Gasteiger partial charge >= 0.3 is 5.97 Å². The van der Waals surface area contributed by atoms with Crippen molar-refractivity contribution in [3.63, 3.8) is 0 Å². The van der Waals surface area contributed by atoms with Gasteiger partial charge in [-0.05, 0) is 48.2 Å². The normalized spacial score (nSPS) is 13.0. The molecular weight excluding hydrogens is 548 g/mol. The van der Waals surface area contributed by atoms with Gasteiger partial charge in [0, 0.05) is 30.3 Å². The Morgan fingerprint density at radius 3 is 2.37 bits per heavy atom. The maximum Gasteiger partial charge on any atom is 0.326 e. The van der Waals surface area contributed by atoms with E-state index in [0.717, 1.165) is 31.2 Å². The molecule has 3 atom stereocenters. The Kier molecular flexibility index (Phi) is 14.6. The second-order valence-corrected chi connectivity index (χ2v) is 11.1. The number of thioether (sulfide) groups is 1. The van der Waals surface area contributed by atoms with Crippen molar-refractivity contribution >= 4 is 35.8 Å². The third-order valence-electron chi connectivity index (χ3n) is 6.60. The molecule has 11 heteroatoms. The number of hydrogen-bond acceptors (Lipinski definition) is 8. The fourth-order valence-corrected chi connectivity index (χ4v) is 5.59. The standard InChI is InChI=1S/C30H40N2O8S/c1-3-4-5-6-24(17-23(35)13-9-21-10-14-27(36)28(16-21)40-2)41-18-26(31-19-33)29(37)32-25(30(38)39)15-20-7-11-22(34)12-8-20/h7-8,10-12,14,16,19,24-26,34,36H,3-6,9,13,15,17-18H2,1-2H3,(H,31,33)(H,32,37)(H,38,39). The molecule has 2 aromatic carbocycles. The van der Waals surface area contributed by atoms with Crippen LogP contribution in [0.2, 0.25) is 0 Å². The van der Waals surface area contributed by atoms with Crippen molar-refractivity contribution < 1.29 is 39.2 Å². The van der Waals surface area contributed by atoms with Gasteiger partial charge in [-0.1, -0.05) is 44.4 Å². The zero-order chi connectivity index (χ0) is 30.2. The summed E-state index contributed by atoms with van der Waals surface area (Å²) in [4.78, 5) is 48.9. The molecule has 10 nitrogen and oxygen atoms in total. The first kappa shape index (κ1) is 33.5. The number of carbonyl (C=O) groups is 4. The lowest BCUT2D eigenvalue weighted by atomic mass is 10.0. The van der Waals surface area contributed by atoms with Crippen LogP contribution >= 0.6 is 11.8 Å². The molecule has 224 valence electrons. The van der Waals surface area contributed by atoms with E-state index in [2.05, 4.69) is 17.6 Å². The lowest BCUT2D eigenvalue weighted by molar-refractivity contribution is -0.142. The van der Waals surface area contributed by atoms with Crippen LogP contribution in [0.1, 0.15) is 56.6 Å². The maximum absolute atomic E-state index is 13.0. The topological polar surface area (TPSA) is 162 Å². The SMILES string of the molecule is CCCCCC(CC(=O)CCc1ccc(O)c(OC)c1)SCC(NC=O)C(=O)NC(Cc1ccc(O)cc1)C(=O)O. The van der Waals surface area contributed by atoms with Gasteiger partial charge < -0.3 is 30.7 Å². The molecule has 0 aromatic heterocycles. The molecule has 0 aliphatic heterocycles. The minimum Gasteiger partial charge on any atom is -0.508 e. The van der Waals surface area contributed by atoms with Crippen LogP contribution < -0.4 is 15.4 Å². The summed E-state index contributed by atoms with van der Waals surface area (Å²) in [5.74, 6) is -1.18. The van der Waals surface area contributed by atoms with Crippen LogP contribution in [0.15, 0.2) is 42.5 Å². The smallest absolute Gasteiger partial charge is 0.326 e. The monoisotopic (exact) mass is 588 g/mol. The highest BCUT2D eigenvalue weighted by Gasteiger charge is 2.27. The van der Waals surface area contributed by atoms with E-state index in [1.807, 2.05) is 0 Å². The number of aryl methyl sites for hydroxylation is 1. The Balaban J connectivity index is 1.99. The minimum absolute atomic E-state index is 0.00333. The summed E-state index contributed by atoms with van der Waals surface area (Å²) in [6, 6.07) is 8.80. The van der Waals surface area contributed by atoms with Crippen molar-refractivity contribution in [3.8, 4) is 17.2 Å². The average molecular weight is 589 g/mol. The highest BCUT2D eigenvalue weighted by Crippen LogP contribution is 2.28. The Morgan fingerprint density at radius 2 is 1.73 bits per heavy atom. The van der Waals surface area contributed by atoms with Crippen molar-refractivity contribution in [2.45, 2.75) is 75.6 Å². The van der Waals surface area contributed by atoms with Gasteiger partial charge in [-0.25, -0.2) is 4.79 Å². The lowest BCUT2D eigenvalue weighted by Crippen LogP contribution is -2.51. The summed E-state index contributed by atoms with van der Waals surface area (Å²) < 4.78 is 5.13. The highest BCUT2D eigenvalue weighted by atomic mass is 32.2. The molecule has 2 aromatic rings. The second-order valence-electron chi connectivity index (χ2n) is 9.81. The van der Waals surface area contributed by atoms with E-state index in [1.54, 1.807) is 24.3 Å². The van der Waals surface area contributed by atoms with E-state index in [9.17, 15) is 34.5 Å². The molecule has 0 spiro atoms. The molecule has 0 bridgehead atoms. The number of aliphatic carboxylic acids is 1. The molecule has 41 heavy (non-hydrogen) atoms. The number of carboxylic acids is 1. The van der Waals surface area contributed by atoms with Crippen LogP contribution in [-0.2, 0) is 32.0 Å². The van der Waals surface area contributed by atoms with Gasteiger partial charge in [-0.15, -0.1) is 0 Å². The number of carboxylic acid groups (broad SMARTS) is 1. The van der Waals surface area contributed by atoms with Crippen LogP contribution in [-0.4, -0.2) is 69.6 Å². The van der Waals surface area contributed by atoms with E-state index in [4.69, 9.17) is 4.74 Å². The van der Waals surface area contributed by atoms with Gasteiger partial charge in [0.1, 0.15) is 23.6 Å². The Morgan fingerprint density at radius 1 is 1.02 bits per heavy atom. The minimum atomic E-state index is -1.23. The summed E-state index contributed by atoms with van der Waals surface area (Å²) in [6.45, 7) is 2.09. The number of aromatic hydroxyl groups is 2. The van der Waals surface area contributed by atoms with Crippen LogP contribution in [0.5, 0.6) is 17.2 Å². The number of carbonyl (C=O) groups excluding carboxylic acids is 3. The van der Waals surface area contributed by atoms with Gasteiger partial charge in [-0.2, -0.15) is 11.8 Å². The quantitative estimate of drug-likeness (QED) is 0.115. The fraction of sp³-hybridized carbons (Fsp3) is 0.467. The summed E-state index contributed by atoms with van der Waals surface area (Å²) in [5.41, 5.74) is 1.49. The number of rotatable bonds is 20. The number of hydrogen-bond donors (Lipinski definition) is 5. The van der Waals surface area contributed by atoms with Gasteiger partial charge in [-0.3, -0.25) is 14.4 Å². The number of phenolic OH excluding ortho intramolecular Hbond substituents is 2. The van der Waals surface area contributed by atoms with E-state index in [-0.39, 0.29) is 34.7 Å². The molecule has 3 unspecified atom stereocenters. The largest absolute Gasteiger partial charge is 0.508 e. The van der Waals surface area contributed by atoms with Gasteiger partial charge in [0.2, 0.25) is 12.3 Å². The maximum atomic E-state index is 13.0. The lowest BCUT2D eigenvalue weighted by Gasteiger charge is -2.22. The first-order chi connectivity index (χ1) is 19.7. The number of ether oxygens (including phenoxy) is 1. The van der Waals surface area contributed by atoms with E-state index < -0.39 is 24.0 Å². The van der Waals surface area contributed by atoms with Gasteiger partial charge in [0.25, 0.3) is 0 Å². The van der Waals surface area contributed by atoms with Crippen LogP contribution in [0.25, 0.3) is 0 Å². The highest BCUT2D eigenvalue weighted by molar-refractivity contribution is 8.00. The van der Waals surface area contributed by atoms with Crippen LogP contribution in [0.3, 0.4) is 0 Å². The fourth-order valence-electron chi connectivity index (χ4n) is 4.24. The Hall–Kier alpha value is -3.73. The summed E-state index contributed by atoms with van der Waals surface area (Å²) in [7, 11) is 1.46. The van der Waals surface area contributed by atoms with Crippen molar-refractivity contribution in [1.29, 1.82) is 0 Å². The summed E-state index contributed by atoms with van der Waals surface area (Å²) in [6.07, 6.45) is 5.23. The molecule has 0 fully saturated rings. The number of phenols is 2. The van der Waals surface area contributed by atoms with Gasteiger partial charge in [0.15, 0.2) is 11.5 Å². The number of benzene rings is 2. The number of unbranched alkanes of at least 4 members (excludes halogenated alkanes) is 2. The third kappa shape index (κ3) is 12.1. The zero-order valence-corrected chi connectivity index (χ0v) is 24.3. The predicted octanol–water partition coefficient (Wildman–Crippen LogP) is 3.61. The van der Waals surface area contributed by atoms with E-state index >= 15 is 0 Å². The van der Waals surface area contributed by atoms with Crippen molar-refractivity contribution in [2.24, 2.45) is 0 Å². The molecule has 0 aliphatic rings. The van der Waals surface area contributed by atoms with Crippen molar-refractivity contribution in [2.75, 3.05) is 12.9 Å². The molecule has 2 rings (SSSR count). The van der Waals surface area contributed by atoms with E-state index in [1.165, 1.54) is 37.1 Å².